The van der Waals surface area contributed by atoms with Crippen molar-refractivity contribution < 1.29 is 9.18 Å². The van der Waals surface area contributed by atoms with Gasteiger partial charge >= 0.3 is 0 Å². The minimum atomic E-state index is -0.508. The number of nitrogen functional groups attached to an aromatic ring is 1. The molecule has 0 radical (unpaired) electrons. The number of hydrazine groups is 1. The zero-order valence-corrected chi connectivity index (χ0v) is 11.7. The molecule has 0 saturated carbocycles. The van der Waals surface area contributed by atoms with E-state index in [1.807, 2.05) is 11.8 Å². The highest BCUT2D eigenvalue weighted by Gasteiger charge is 2.26. The Labute approximate surface area is 116 Å². The van der Waals surface area contributed by atoms with Crippen molar-refractivity contribution in [2.75, 3.05) is 24.3 Å². The molecule has 1 unspecified atom stereocenters. The number of hydrogen-bond acceptors (Lipinski definition) is 4. The highest BCUT2D eigenvalue weighted by molar-refractivity contribution is 8.00. The van der Waals surface area contributed by atoms with Gasteiger partial charge in [-0.05, 0) is 18.6 Å². The number of rotatable bonds is 3. The van der Waals surface area contributed by atoms with Crippen molar-refractivity contribution in [2.45, 2.75) is 18.6 Å². The van der Waals surface area contributed by atoms with E-state index < -0.39 is 5.82 Å². The van der Waals surface area contributed by atoms with E-state index >= 15 is 0 Å². The first-order valence-electron chi connectivity index (χ1n) is 6.33. The zero-order chi connectivity index (χ0) is 13.8. The third kappa shape index (κ3) is 3.01. The minimum Gasteiger partial charge on any atom is -0.337 e. The van der Waals surface area contributed by atoms with Gasteiger partial charge in [-0.1, -0.05) is 13.0 Å². The van der Waals surface area contributed by atoms with E-state index in [-0.39, 0.29) is 11.6 Å². The molecule has 1 heterocycles. The van der Waals surface area contributed by atoms with Crippen molar-refractivity contribution in [3.05, 3.63) is 29.6 Å². The first kappa shape index (κ1) is 14.1. The number of nitrogens with two attached hydrogens (primary N) is 1. The predicted molar refractivity (Wildman–Crippen MR) is 76.7 cm³/mol. The van der Waals surface area contributed by atoms with Crippen LogP contribution in [0.4, 0.5) is 10.1 Å². The SMILES string of the molecule is CCC1CN(C(=O)c2cccc(F)c2NN)CCS1. The lowest BCUT2D eigenvalue weighted by molar-refractivity contribution is 0.0761. The van der Waals surface area contributed by atoms with Gasteiger partial charge < -0.3 is 10.3 Å². The van der Waals surface area contributed by atoms with Gasteiger partial charge in [0.1, 0.15) is 5.82 Å². The number of carbonyl (C=O) groups is 1. The van der Waals surface area contributed by atoms with Crippen LogP contribution >= 0.6 is 11.8 Å². The third-order valence-electron chi connectivity index (χ3n) is 3.27. The highest BCUT2D eigenvalue weighted by Crippen LogP contribution is 2.25. The largest absolute Gasteiger partial charge is 0.337 e. The van der Waals surface area contributed by atoms with Gasteiger partial charge in [-0.3, -0.25) is 10.6 Å². The molecule has 4 nitrogen and oxygen atoms in total. The fourth-order valence-electron chi connectivity index (χ4n) is 2.17. The van der Waals surface area contributed by atoms with E-state index in [0.29, 0.717) is 23.9 Å². The topological polar surface area (TPSA) is 58.4 Å². The number of hydrogen-bond donors (Lipinski definition) is 2. The Bertz CT molecular complexity index is 469. The molecule has 1 amide bonds. The number of nitrogens with one attached hydrogen (secondary N) is 1. The number of nitrogens with zero attached hydrogens (tertiary/aromatic N) is 1. The summed E-state index contributed by atoms with van der Waals surface area (Å²) in [5, 5.41) is 0.459. The maximum atomic E-state index is 13.6. The Morgan fingerprint density at radius 1 is 1.63 bits per heavy atom. The van der Waals surface area contributed by atoms with Gasteiger partial charge in [-0.25, -0.2) is 4.39 Å². The molecule has 104 valence electrons. The van der Waals surface area contributed by atoms with Crippen molar-refractivity contribution in [1.82, 2.24) is 4.90 Å². The van der Waals surface area contributed by atoms with Gasteiger partial charge in [0.2, 0.25) is 0 Å². The molecule has 1 aromatic rings. The highest BCUT2D eigenvalue weighted by atomic mass is 32.2. The maximum absolute atomic E-state index is 13.6. The Morgan fingerprint density at radius 3 is 3.11 bits per heavy atom. The minimum absolute atomic E-state index is 0.0683. The summed E-state index contributed by atoms with van der Waals surface area (Å²) in [6, 6.07) is 4.41. The van der Waals surface area contributed by atoms with Crippen LogP contribution in [0.3, 0.4) is 0 Å². The van der Waals surface area contributed by atoms with Crippen molar-refractivity contribution in [1.29, 1.82) is 0 Å². The van der Waals surface area contributed by atoms with Crippen LogP contribution < -0.4 is 11.3 Å². The average Bonchev–Trinajstić information content (AvgIpc) is 2.46. The van der Waals surface area contributed by atoms with Gasteiger partial charge in [0, 0.05) is 24.1 Å². The van der Waals surface area contributed by atoms with Crippen LogP contribution in [-0.2, 0) is 0 Å². The number of para-hydroxylation sites is 1. The van der Waals surface area contributed by atoms with Gasteiger partial charge in [-0.2, -0.15) is 11.8 Å². The normalized spacial score (nSPS) is 19.3. The average molecular weight is 283 g/mol. The zero-order valence-electron chi connectivity index (χ0n) is 10.9. The van der Waals surface area contributed by atoms with Crippen LogP contribution in [-0.4, -0.2) is 34.9 Å². The van der Waals surface area contributed by atoms with Gasteiger partial charge in [0.05, 0.1) is 11.3 Å². The van der Waals surface area contributed by atoms with E-state index in [0.717, 1.165) is 12.2 Å². The van der Waals surface area contributed by atoms with Gasteiger partial charge in [0.25, 0.3) is 5.91 Å². The molecule has 1 atom stereocenters. The summed E-state index contributed by atoms with van der Waals surface area (Å²) in [7, 11) is 0. The van der Waals surface area contributed by atoms with E-state index in [1.165, 1.54) is 12.1 Å². The summed E-state index contributed by atoms with van der Waals surface area (Å²) in [5.74, 6) is 5.56. The van der Waals surface area contributed by atoms with E-state index in [9.17, 15) is 9.18 Å². The summed E-state index contributed by atoms with van der Waals surface area (Å²) in [5.41, 5.74) is 2.65. The number of thioether (sulfide) groups is 1. The summed E-state index contributed by atoms with van der Waals surface area (Å²) >= 11 is 1.88. The lowest BCUT2D eigenvalue weighted by atomic mass is 10.1. The summed E-state index contributed by atoms with van der Waals surface area (Å²) in [6.45, 7) is 3.52. The molecule has 0 aliphatic carbocycles. The van der Waals surface area contributed by atoms with Crippen molar-refractivity contribution in [3.63, 3.8) is 0 Å². The van der Waals surface area contributed by atoms with Gasteiger partial charge in [0.15, 0.2) is 0 Å². The molecule has 1 aromatic carbocycles. The molecule has 0 bridgehead atoms. The van der Waals surface area contributed by atoms with Crippen LogP contribution in [0, 0.1) is 5.82 Å². The maximum Gasteiger partial charge on any atom is 0.256 e. The monoisotopic (exact) mass is 283 g/mol. The Balaban J connectivity index is 2.22. The van der Waals surface area contributed by atoms with E-state index in [2.05, 4.69) is 12.3 Å². The van der Waals surface area contributed by atoms with Crippen LogP contribution in [0.1, 0.15) is 23.7 Å². The number of amides is 1. The molecule has 6 heteroatoms. The summed E-state index contributed by atoms with van der Waals surface area (Å²) in [6.07, 6.45) is 1.03. The van der Waals surface area contributed by atoms with Crippen molar-refractivity contribution >= 4 is 23.4 Å². The molecule has 1 fully saturated rings. The van der Waals surface area contributed by atoms with E-state index in [4.69, 9.17) is 5.84 Å². The van der Waals surface area contributed by atoms with Crippen LogP contribution in [0.5, 0.6) is 0 Å². The molecule has 1 aliphatic rings. The quantitative estimate of drug-likeness (QED) is 0.658. The second-order valence-corrected chi connectivity index (χ2v) is 5.87. The first-order chi connectivity index (χ1) is 9.17. The summed E-state index contributed by atoms with van der Waals surface area (Å²) in [4.78, 5) is 14.2. The molecule has 19 heavy (non-hydrogen) atoms. The number of benzene rings is 1. The van der Waals surface area contributed by atoms with Crippen LogP contribution in [0.2, 0.25) is 0 Å². The fourth-order valence-corrected chi connectivity index (χ4v) is 3.35. The molecule has 1 aliphatic heterocycles. The van der Waals surface area contributed by atoms with E-state index in [1.54, 1.807) is 11.0 Å². The number of halogens is 1. The summed E-state index contributed by atoms with van der Waals surface area (Å²) < 4.78 is 13.6. The molecule has 3 N–H and O–H groups in total. The van der Waals surface area contributed by atoms with Crippen molar-refractivity contribution in [2.24, 2.45) is 5.84 Å². The number of carbonyl (C=O) groups excluding carboxylic acids is 1. The smallest absolute Gasteiger partial charge is 0.256 e. The predicted octanol–water partition coefficient (Wildman–Crippen LogP) is 2.08. The third-order valence-corrected chi connectivity index (χ3v) is 4.64. The number of anilines is 1. The molecule has 0 aromatic heterocycles. The first-order valence-corrected chi connectivity index (χ1v) is 7.38. The Kier molecular flexibility index (Phi) is 4.66. The van der Waals surface area contributed by atoms with Crippen molar-refractivity contribution in [3.8, 4) is 0 Å². The van der Waals surface area contributed by atoms with Crippen LogP contribution in [0.15, 0.2) is 18.2 Å². The lowest BCUT2D eigenvalue weighted by Gasteiger charge is -2.32. The molecule has 1 saturated heterocycles. The standard InChI is InChI=1S/C13H18FN3OS/c1-2-9-8-17(6-7-19-9)13(18)10-4-3-5-11(14)12(10)16-15/h3-5,9,16H,2,6-8,15H2,1H3. The lowest BCUT2D eigenvalue weighted by Crippen LogP contribution is -2.42. The second-order valence-electron chi connectivity index (χ2n) is 4.46. The van der Waals surface area contributed by atoms with Crippen LogP contribution in [0.25, 0.3) is 0 Å². The molecule has 2 rings (SSSR count). The second kappa shape index (κ2) is 6.25. The molecule has 0 spiro atoms. The van der Waals surface area contributed by atoms with Gasteiger partial charge in [-0.15, -0.1) is 0 Å². The molecular weight excluding hydrogens is 265 g/mol. The Morgan fingerprint density at radius 2 is 2.42 bits per heavy atom. The Hall–Kier alpha value is -1.27. The molecular formula is C13H18FN3OS. The fraction of sp³-hybridized carbons (Fsp3) is 0.462.